The van der Waals surface area contributed by atoms with Gasteiger partial charge in [0.25, 0.3) is 5.91 Å². The Hall–Kier alpha value is -4.07. The van der Waals surface area contributed by atoms with Crippen molar-refractivity contribution in [3.8, 4) is 11.8 Å². The molecule has 160 valence electrons. The van der Waals surface area contributed by atoms with E-state index in [1.54, 1.807) is 13.0 Å². The van der Waals surface area contributed by atoms with Crippen molar-refractivity contribution in [2.75, 3.05) is 12.3 Å². The summed E-state index contributed by atoms with van der Waals surface area (Å²) in [4.78, 5) is 18.1. The number of nitrogens with zero attached hydrogens (tertiary/aromatic N) is 5. The van der Waals surface area contributed by atoms with Gasteiger partial charge in [-0.05, 0) is 18.1 Å². The minimum atomic E-state index is -0.806. The summed E-state index contributed by atoms with van der Waals surface area (Å²) < 4.78 is 38.1. The summed E-state index contributed by atoms with van der Waals surface area (Å²) in [7, 11) is 0. The first-order chi connectivity index (χ1) is 14.9. The number of carbonyl (C=O) groups excluding carboxylic acids is 1. The Kier molecular flexibility index (Phi) is 6.71. The number of halogens is 2. The number of amides is 1. The summed E-state index contributed by atoms with van der Waals surface area (Å²) in [5, 5.41) is 16.2. The molecule has 1 aromatic carbocycles. The molecule has 3 aromatic rings. The number of pyridine rings is 1. The molecule has 0 radical (unpaired) electrons. The second-order valence-electron chi connectivity index (χ2n) is 6.45. The lowest BCUT2D eigenvalue weighted by Gasteiger charge is -2.21. The molecule has 0 aliphatic heterocycles. The molecule has 0 bridgehead atoms. The fraction of sp³-hybridized carbons (Fsp3) is 0.250. The highest BCUT2D eigenvalue weighted by Crippen LogP contribution is 2.24. The monoisotopic (exact) mass is 428 g/mol. The number of rotatable bonds is 8. The average Bonchev–Trinajstić information content (AvgIpc) is 3.16. The SMILES string of the molecule is CCc1c(F)cc(F)cc1OCC(=O)N(Cc1ccc(C#N)nc1)Cc1nnc(N)o1. The Labute approximate surface area is 176 Å². The summed E-state index contributed by atoms with van der Waals surface area (Å²) >= 11 is 0. The van der Waals surface area contributed by atoms with E-state index >= 15 is 0 Å². The largest absolute Gasteiger partial charge is 0.483 e. The van der Waals surface area contributed by atoms with Crippen LogP contribution in [0.3, 0.4) is 0 Å². The lowest BCUT2D eigenvalue weighted by atomic mass is 10.1. The maximum Gasteiger partial charge on any atom is 0.312 e. The van der Waals surface area contributed by atoms with Gasteiger partial charge in [-0.15, -0.1) is 5.10 Å². The Morgan fingerprint density at radius 1 is 1.29 bits per heavy atom. The maximum atomic E-state index is 13.9. The van der Waals surface area contributed by atoms with Crippen LogP contribution in [0.25, 0.3) is 0 Å². The summed E-state index contributed by atoms with van der Waals surface area (Å²) in [5.74, 6) is -2.01. The van der Waals surface area contributed by atoms with E-state index in [1.165, 1.54) is 17.2 Å². The van der Waals surface area contributed by atoms with Crippen molar-refractivity contribution in [2.24, 2.45) is 0 Å². The molecule has 0 aliphatic rings. The van der Waals surface area contributed by atoms with Crippen LogP contribution in [0.2, 0.25) is 0 Å². The predicted molar refractivity (Wildman–Crippen MR) is 103 cm³/mol. The fourth-order valence-corrected chi connectivity index (χ4v) is 2.81. The first kappa shape index (κ1) is 21.6. The summed E-state index contributed by atoms with van der Waals surface area (Å²) in [6, 6.07) is 6.71. The van der Waals surface area contributed by atoms with Crippen LogP contribution in [0.1, 0.15) is 29.6 Å². The zero-order chi connectivity index (χ0) is 22.4. The van der Waals surface area contributed by atoms with Crippen LogP contribution in [-0.4, -0.2) is 32.6 Å². The van der Waals surface area contributed by atoms with Gasteiger partial charge < -0.3 is 19.8 Å². The van der Waals surface area contributed by atoms with E-state index in [0.29, 0.717) is 5.56 Å². The van der Waals surface area contributed by atoms with Gasteiger partial charge in [0.1, 0.15) is 29.1 Å². The maximum absolute atomic E-state index is 13.9. The van der Waals surface area contributed by atoms with Crippen molar-refractivity contribution < 1.29 is 22.7 Å². The molecule has 0 aliphatic carbocycles. The second-order valence-corrected chi connectivity index (χ2v) is 6.45. The Morgan fingerprint density at radius 2 is 2.10 bits per heavy atom. The van der Waals surface area contributed by atoms with Gasteiger partial charge in [-0.25, -0.2) is 13.8 Å². The molecule has 2 aromatic heterocycles. The average molecular weight is 428 g/mol. The highest BCUT2D eigenvalue weighted by atomic mass is 19.1. The molecule has 31 heavy (non-hydrogen) atoms. The normalized spacial score (nSPS) is 10.5. The van der Waals surface area contributed by atoms with Gasteiger partial charge in [0, 0.05) is 30.4 Å². The number of nitriles is 1. The van der Waals surface area contributed by atoms with Crippen molar-refractivity contribution in [3.05, 3.63) is 64.8 Å². The molecule has 11 heteroatoms. The van der Waals surface area contributed by atoms with Gasteiger partial charge in [0.05, 0.1) is 6.54 Å². The minimum absolute atomic E-state index is 0.0459. The van der Waals surface area contributed by atoms with Crippen LogP contribution in [0.4, 0.5) is 14.8 Å². The van der Waals surface area contributed by atoms with E-state index in [1.807, 2.05) is 6.07 Å². The highest BCUT2D eigenvalue weighted by Gasteiger charge is 2.20. The summed E-state index contributed by atoms with van der Waals surface area (Å²) in [6.07, 6.45) is 1.72. The van der Waals surface area contributed by atoms with E-state index in [-0.39, 0.29) is 48.4 Å². The predicted octanol–water partition coefficient (Wildman–Crippen LogP) is 2.37. The first-order valence-electron chi connectivity index (χ1n) is 9.21. The minimum Gasteiger partial charge on any atom is -0.483 e. The smallest absolute Gasteiger partial charge is 0.312 e. The number of hydrogen-bond donors (Lipinski definition) is 1. The number of benzene rings is 1. The second kappa shape index (κ2) is 9.62. The third kappa shape index (κ3) is 5.51. The number of nitrogens with two attached hydrogens (primary N) is 1. The van der Waals surface area contributed by atoms with Gasteiger partial charge in [0.15, 0.2) is 6.61 Å². The Balaban J connectivity index is 1.77. The van der Waals surface area contributed by atoms with Gasteiger partial charge in [-0.2, -0.15) is 5.26 Å². The molecule has 9 nitrogen and oxygen atoms in total. The quantitative estimate of drug-likeness (QED) is 0.578. The van der Waals surface area contributed by atoms with Crippen LogP contribution >= 0.6 is 0 Å². The third-order valence-corrected chi connectivity index (χ3v) is 4.30. The fourth-order valence-electron chi connectivity index (χ4n) is 2.81. The molecule has 2 N–H and O–H groups in total. The van der Waals surface area contributed by atoms with Crippen molar-refractivity contribution in [1.29, 1.82) is 5.26 Å². The van der Waals surface area contributed by atoms with Crippen LogP contribution in [0.5, 0.6) is 5.75 Å². The zero-order valence-corrected chi connectivity index (χ0v) is 16.5. The van der Waals surface area contributed by atoms with E-state index in [0.717, 1.165) is 12.1 Å². The van der Waals surface area contributed by atoms with E-state index < -0.39 is 24.1 Å². The molecular formula is C20H18F2N6O3. The topological polar surface area (TPSA) is 131 Å². The van der Waals surface area contributed by atoms with E-state index in [9.17, 15) is 13.6 Å². The number of ether oxygens (including phenoxy) is 1. The van der Waals surface area contributed by atoms with E-state index in [4.69, 9.17) is 20.1 Å². The molecule has 0 spiro atoms. The summed E-state index contributed by atoms with van der Waals surface area (Å²) in [5.41, 5.74) is 6.46. The molecule has 1 amide bonds. The van der Waals surface area contributed by atoms with Crippen LogP contribution in [0.15, 0.2) is 34.9 Å². The number of anilines is 1. The first-order valence-corrected chi connectivity index (χ1v) is 9.21. The molecule has 0 saturated heterocycles. The summed E-state index contributed by atoms with van der Waals surface area (Å²) in [6.45, 7) is 1.21. The lowest BCUT2D eigenvalue weighted by molar-refractivity contribution is -0.135. The van der Waals surface area contributed by atoms with Crippen molar-refractivity contribution in [2.45, 2.75) is 26.4 Å². The molecule has 0 unspecified atom stereocenters. The van der Waals surface area contributed by atoms with Gasteiger partial charge in [-0.1, -0.05) is 18.1 Å². The molecule has 3 rings (SSSR count). The number of carbonyl (C=O) groups is 1. The third-order valence-electron chi connectivity index (χ3n) is 4.30. The Bertz CT molecular complexity index is 1110. The van der Waals surface area contributed by atoms with Crippen LogP contribution in [-0.2, 0) is 24.3 Å². The number of aromatic nitrogens is 3. The van der Waals surface area contributed by atoms with Gasteiger partial charge in [-0.3, -0.25) is 4.79 Å². The molecular weight excluding hydrogens is 410 g/mol. The molecule has 0 fully saturated rings. The van der Waals surface area contributed by atoms with Crippen molar-refractivity contribution in [3.63, 3.8) is 0 Å². The highest BCUT2D eigenvalue weighted by molar-refractivity contribution is 5.77. The molecule has 0 atom stereocenters. The molecule has 0 saturated carbocycles. The van der Waals surface area contributed by atoms with Gasteiger partial charge in [0.2, 0.25) is 5.89 Å². The zero-order valence-electron chi connectivity index (χ0n) is 16.5. The Morgan fingerprint density at radius 3 is 2.71 bits per heavy atom. The standard InChI is InChI=1S/C20H18F2N6O3/c1-2-15-16(22)5-13(21)6-17(15)30-11-19(29)28(10-18-26-27-20(24)31-18)9-12-3-4-14(7-23)25-8-12/h3-6,8H,2,9-11H2,1H3,(H2,24,27). The van der Waals surface area contributed by atoms with E-state index in [2.05, 4.69) is 15.2 Å². The van der Waals surface area contributed by atoms with Gasteiger partial charge >= 0.3 is 6.01 Å². The number of hydrogen-bond acceptors (Lipinski definition) is 8. The number of nitrogen functional groups attached to an aromatic ring is 1. The van der Waals surface area contributed by atoms with Crippen LogP contribution in [0, 0.1) is 23.0 Å². The van der Waals surface area contributed by atoms with Crippen LogP contribution < -0.4 is 10.5 Å². The lowest BCUT2D eigenvalue weighted by Crippen LogP contribution is -2.34. The van der Waals surface area contributed by atoms with Crippen molar-refractivity contribution >= 4 is 11.9 Å². The van der Waals surface area contributed by atoms with Crippen molar-refractivity contribution in [1.82, 2.24) is 20.1 Å². The molecule has 2 heterocycles.